The molecule has 49 heavy (non-hydrogen) atoms. The molecule has 3 aromatic rings. The molecule has 0 radical (unpaired) electrons. The summed E-state index contributed by atoms with van der Waals surface area (Å²) in [4.78, 5) is 2.68. The van der Waals surface area contributed by atoms with Crippen LogP contribution in [0.1, 0.15) is 91.0 Å². The molecule has 0 amide bonds. The molecular formula is C44H61N3OSi. The van der Waals surface area contributed by atoms with Gasteiger partial charge in [0, 0.05) is 31.9 Å². The molecule has 2 fully saturated rings. The minimum absolute atomic E-state index is 0.00540. The molecule has 2 heterocycles. The van der Waals surface area contributed by atoms with Crippen LogP contribution in [0.15, 0.2) is 115 Å². The van der Waals surface area contributed by atoms with Crippen LogP contribution in [0.4, 0.5) is 0 Å². The number of hydrogen-bond acceptors (Lipinski definition) is 4. The highest BCUT2D eigenvalue weighted by Gasteiger charge is 2.50. The summed E-state index contributed by atoms with van der Waals surface area (Å²) < 4.78 is 7.51. The van der Waals surface area contributed by atoms with Crippen LogP contribution in [0.3, 0.4) is 0 Å². The second-order valence-corrected chi connectivity index (χ2v) is 20.8. The first kappa shape index (κ1) is 35.8. The van der Waals surface area contributed by atoms with Crippen LogP contribution in [0.5, 0.6) is 0 Å². The minimum Gasteiger partial charge on any atom is -0.407 e. The van der Waals surface area contributed by atoms with Gasteiger partial charge in [-0.3, -0.25) is 4.90 Å². The summed E-state index contributed by atoms with van der Waals surface area (Å²) in [6.07, 6.45) is 18.4. The van der Waals surface area contributed by atoms with Gasteiger partial charge in [-0.05, 0) is 102 Å². The van der Waals surface area contributed by atoms with E-state index in [1.54, 1.807) is 0 Å². The van der Waals surface area contributed by atoms with Gasteiger partial charge in [0.2, 0.25) is 0 Å². The van der Waals surface area contributed by atoms with Crippen molar-refractivity contribution in [2.45, 2.75) is 97.1 Å². The molecule has 0 aromatic heterocycles. The average Bonchev–Trinajstić information content (AvgIpc) is 3.13. The molecule has 0 spiro atoms. The van der Waals surface area contributed by atoms with E-state index in [4.69, 9.17) is 4.43 Å². The number of rotatable bonds is 13. The molecule has 1 atom stereocenters. The van der Waals surface area contributed by atoms with E-state index in [-0.39, 0.29) is 15.9 Å². The fourth-order valence-corrected chi connectivity index (χ4v) is 13.2. The van der Waals surface area contributed by atoms with Crippen molar-refractivity contribution in [3.05, 3.63) is 120 Å². The molecular weight excluding hydrogens is 615 g/mol. The third-order valence-corrected chi connectivity index (χ3v) is 16.9. The average molecular weight is 676 g/mol. The predicted molar refractivity (Wildman–Crippen MR) is 209 cm³/mol. The van der Waals surface area contributed by atoms with Gasteiger partial charge in [0.05, 0.1) is 0 Å². The summed E-state index contributed by atoms with van der Waals surface area (Å²) in [5.74, 6) is 0. The third kappa shape index (κ3) is 8.86. The Morgan fingerprint density at radius 1 is 0.735 bits per heavy atom. The SMILES string of the molecule is CC1(CCC2(CCO[Si](c3ccccc3)(c3ccccc3)C(C)(C)C)CCN(Cc3ccccc3)CC2)C=CC(NN2CCCCC2)=CC1. The highest BCUT2D eigenvalue weighted by atomic mass is 28.4. The lowest BCUT2D eigenvalue weighted by molar-refractivity contribution is 0.0579. The Labute approximate surface area is 298 Å². The first-order chi connectivity index (χ1) is 23.7. The largest absolute Gasteiger partial charge is 0.407 e. The fraction of sp³-hybridized carbons (Fsp3) is 0.500. The second-order valence-electron chi connectivity index (χ2n) is 16.5. The molecule has 0 bridgehead atoms. The van der Waals surface area contributed by atoms with Crippen LogP contribution in [-0.2, 0) is 11.0 Å². The van der Waals surface area contributed by atoms with Crippen molar-refractivity contribution < 1.29 is 4.43 Å². The highest BCUT2D eigenvalue weighted by Crippen LogP contribution is 2.46. The number of hydrogen-bond donors (Lipinski definition) is 1. The number of hydrazine groups is 1. The van der Waals surface area contributed by atoms with Crippen LogP contribution in [-0.4, -0.2) is 51.0 Å². The van der Waals surface area contributed by atoms with Crippen LogP contribution >= 0.6 is 0 Å². The smallest absolute Gasteiger partial charge is 0.261 e. The molecule has 3 aromatic carbocycles. The lowest BCUT2D eigenvalue weighted by atomic mass is 9.68. The van der Waals surface area contributed by atoms with E-state index >= 15 is 0 Å². The summed E-state index contributed by atoms with van der Waals surface area (Å²) in [5, 5.41) is 5.16. The summed E-state index contributed by atoms with van der Waals surface area (Å²) in [7, 11) is -2.57. The Kier molecular flexibility index (Phi) is 11.7. The van der Waals surface area contributed by atoms with Gasteiger partial charge >= 0.3 is 0 Å². The van der Waals surface area contributed by atoms with Crippen LogP contribution in [0.25, 0.3) is 0 Å². The molecule has 1 unspecified atom stereocenters. The Balaban J connectivity index is 1.18. The molecule has 2 aliphatic heterocycles. The van der Waals surface area contributed by atoms with Gasteiger partial charge < -0.3 is 9.85 Å². The minimum atomic E-state index is -2.57. The molecule has 0 saturated carbocycles. The third-order valence-electron chi connectivity index (χ3n) is 11.9. The maximum absolute atomic E-state index is 7.51. The molecule has 4 nitrogen and oxygen atoms in total. The van der Waals surface area contributed by atoms with Gasteiger partial charge in [-0.1, -0.05) is 137 Å². The fourth-order valence-electron chi connectivity index (χ4n) is 8.61. The maximum atomic E-state index is 7.51. The van der Waals surface area contributed by atoms with Crippen molar-refractivity contribution >= 4 is 18.7 Å². The number of nitrogens with one attached hydrogen (secondary N) is 1. The van der Waals surface area contributed by atoms with E-state index < -0.39 is 8.32 Å². The van der Waals surface area contributed by atoms with Crippen LogP contribution in [0, 0.1) is 10.8 Å². The van der Waals surface area contributed by atoms with Crippen molar-refractivity contribution in [1.82, 2.24) is 15.3 Å². The van der Waals surface area contributed by atoms with Crippen LogP contribution < -0.4 is 15.8 Å². The Hall–Kier alpha value is -2.96. The van der Waals surface area contributed by atoms with E-state index in [1.165, 1.54) is 66.6 Å². The standard InChI is InChI=1S/C44H61N3OSi/c1-42(2,3)49(40-19-11-6-12-20-40,41-21-13-7-14-22-41)48-36-31-44(29-34-46(35-30-44)37-38-17-9-5-10-18-38)28-27-43(4)25-23-39(24-26-43)45-47-32-15-8-16-33-47/h5-7,9-14,17-25,45H,8,15-16,26-37H2,1-4H3. The summed E-state index contributed by atoms with van der Waals surface area (Å²) >= 11 is 0. The monoisotopic (exact) mass is 675 g/mol. The molecule has 3 aliphatic rings. The topological polar surface area (TPSA) is 27.7 Å². The van der Waals surface area contributed by atoms with E-state index in [0.717, 1.165) is 52.2 Å². The van der Waals surface area contributed by atoms with Gasteiger partial charge in [0.25, 0.3) is 8.32 Å². The predicted octanol–water partition coefficient (Wildman–Crippen LogP) is 8.86. The van der Waals surface area contributed by atoms with Crippen molar-refractivity contribution in [3.8, 4) is 0 Å². The number of nitrogens with zero attached hydrogens (tertiary/aromatic N) is 2. The quantitative estimate of drug-likeness (QED) is 0.183. The number of piperidine rings is 2. The van der Waals surface area contributed by atoms with Gasteiger partial charge in [-0.2, -0.15) is 0 Å². The zero-order valence-electron chi connectivity index (χ0n) is 30.8. The van der Waals surface area contributed by atoms with Gasteiger partial charge in [0.15, 0.2) is 0 Å². The zero-order chi connectivity index (χ0) is 34.2. The first-order valence-corrected chi connectivity index (χ1v) is 21.0. The lowest BCUT2D eigenvalue weighted by Crippen LogP contribution is -2.66. The Morgan fingerprint density at radius 3 is 1.88 bits per heavy atom. The molecule has 1 aliphatic carbocycles. The van der Waals surface area contributed by atoms with Gasteiger partial charge in [0.1, 0.15) is 0 Å². The van der Waals surface area contributed by atoms with Crippen molar-refractivity contribution in [2.75, 3.05) is 32.8 Å². The zero-order valence-corrected chi connectivity index (χ0v) is 31.8. The molecule has 6 rings (SSSR count). The van der Waals surface area contributed by atoms with E-state index in [2.05, 4.69) is 152 Å². The molecule has 1 N–H and O–H groups in total. The summed E-state index contributed by atoms with van der Waals surface area (Å²) in [6.45, 7) is 16.2. The normalized spacial score (nSPS) is 22.1. The van der Waals surface area contributed by atoms with E-state index in [9.17, 15) is 0 Å². The van der Waals surface area contributed by atoms with Crippen molar-refractivity contribution in [2.24, 2.45) is 10.8 Å². The van der Waals surface area contributed by atoms with E-state index in [1.807, 2.05) is 0 Å². The maximum Gasteiger partial charge on any atom is 0.261 e. The highest BCUT2D eigenvalue weighted by molar-refractivity contribution is 6.99. The number of allylic oxidation sites excluding steroid dienone is 3. The molecule has 5 heteroatoms. The summed E-state index contributed by atoms with van der Waals surface area (Å²) in [6, 6.07) is 33.3. The Morgan fingerprint density at radius 2 is 1.33 bits per heavy atom. The number of benzene rings is 3. The second kappa shape index (κ2) is 15.9. The molecule has 2 saturated heterocycles. The van der Waals surface area contributed by atoms with Crippen molar-refractivity contribution in [3.63, 3.8) is 0 Å². The number of likely N-dealkylation sites (tertiary alicyclic amines) is 1. The Bertz CT molecular complexity index is 1460. The molecule has 262 valence electrons. The van der Waals surface area contributed by atoms with E-state index in [0.29, 0.717) is 0 Å². The van der Waals surface area contributed by atoms with Crippen molar-refractivity contribution in [1.29, 1.82) is 0 Å². The lowest BCUT2D eigenvalue weighted by Gasteiger charge is -2.46. The summed E-state index contributed by atoms with van der Waals surface area (Å²) in [5.41, 5.74) is 6.88. The van der Waals surface area contributed by atoms with Crippen LogP contribution in [0.2, 0.25) is 5.04 Å². The van der Waals surface area contributed by atoms with Gasteiger partial charge in [-0.25, -0.2) is 5.01 Å². The van der Waals surface area contributed by atoms with Gasteiger partial charge in [-0.15, -0.1) is 0 Å². The first-order valence-electron chi connectivity index (χ1n) is 19.1.